The van der Waals surface area contributed by atoms with Crippen molar-refractivity contribution in [1.82, 2.24) is 16.0 Å². The van der Waals surface area contributed by atoms with E-state index in [1.54, 1.807) is 30.3 Å². The van der Waals surface area contributed by atoms with E-state index < -0.39 is 66.8 Å². The molecule has 4 amide bonds. The number of hydrogen-bond donors (Lipinski definition) is 8. The van der Waals surface area contributed by atoms with Crippen LogP contribution in [0.25, 0.3) is 0 Å². The average Bonchev–Trinajstić information content (AvgIpc) is 2.74. The number of thiol groups is 1. The third-order valence-electron chi connectivity index (χ3n) is 4.29. The van der Waals surface area contributed by atoms with Gasteiger partial charge in [-0.25, -0.2) is 4.79 Å². The lowest BCUT2D eigenvalue weighted by Crippen LogP contribution is -2.58. The number of carboxylic acids is 1. The Morgan fingerprint density at radius 2 is 1.44 bits per heavy atom. The normalized spacial score (nSPS) is 14.3. The van der Waals surface area contributed by atoms with E-state index in [2.05, 4.69) is 28.6 Å². The topological polar surface area (TPSA) is 214 Å². The maximum absolute atomic E-state index is 12.7. The number of rotatable bonds is 13. The Morgan fingerprint density at radius 3 is 1.94 bits per heavy atom. The molecule has 0 spiro atoms. The fraction of sp³-hybridized carbons (Fsp3) is 0.421. The third kappa shape index (κ3) is 8.91. The molecule has 0 bridgehead atoms. The van der Waals surface area contributed by atoms with Crippen LogP contribution in [0.1, 0.15) is 12.0 Å². The molecule has 1 aromatic rings. The first-order valence-electron chi connectivity index (χ1n) is 9.52. The van der Waals surface area contributed by atoms with Gasteiger partial charge in [-0.1, -0.05) is 30.3 Å². The Morgan fingerprint density at radius 1 is 0.906 bits per heavy atom. The van der Waals surface area contributed by atoms with Gasteiger partial charge in [0.05, 0.1) is 19.1 Å². The molecule has 0 aliphatic rings. The molecule has 9 N–H and O–H groups in total. The first-order chi connectivity index (χ1) is 15.1. The number of carboxylic acid groups (broad SMARTS) is 1. The van der Waals surface area contributed by atoms with Crippen LogP contribution in [0.15, 0.2) is 30.3 Å². The molecule has 0 saturated carbocycles. The molecule has 4 unspecified atom stereocenters. The van der Waals surface area contributed by atoms with Crippen molar-refractivity contribution in [2.75, 3.05) is 12.4 Å². The molecule has 0 aliphatic heterocycles. The standard InChI is InChI=1S/C19H27N5O7S/c20-11(7-15(21)26)16(27)23-13(8-25)18(29)22-12(6-10-4-2-1-3-5-10)17(28)24-14(9-32)19(30)31/h1-5,11-14,25,32H,6-9,20H2,(H2,21,26)(H,22,29)(H,23,27)(H,24,28)(H,30,31). The van der Waals surface area contributed by atoms with Crippen molar-refractivity contribution in [1.29, 1.82) is 0 Å². The lowest BCUT2D eigenvalue weighted by molar-refractivity contribution is -0.141. The molecule has 0 radical (unpaired) electrons. The molecule has 4 atom stereocenters. The second-order valence-corrected chi connectivity index (χ2v) is 7.22. The van der Waals surface area contributed by atoms with Gasteiger partial charge in [-0.05, 0) is 5.56 Å². The maximum atomic E-state index is 12.7. The minimum absolute atomic E-state index is 0.00457. The SMILES string of the molecule is NC(=O)CC(N)C(=O)NC(CO)C(=O)NC(Cc1ccccc1)C(=O)NC(CS)C(=O)O. The van der Waals surface area contributed by atoms with E-state index in [0.717, 1.165) is 0 Å². The molecule has 0 saturated heterocycles. The number of aliphatic carboxylic acids is 1. The number of hydrogen-bond acceptors (Lipinski definition) is 8. The van der Waals surface area contributed by atoms with Crippen LogP contribution >= 0.6 is 12.6 Å². The highest BCUT2D eigenvalue weighted by molar-refractivity contribution is 7.80. The molecule has 12 nitrogen and oxygen atoms in total. The zero-order valence-corrected chi connectivity index (χ0v) is 18.0. The predicted octanol–water partition coefficient (Wildman–Crippen LogP) is -3.11. The number of benzene rings is 1. The van der Waals surface area contributed by atoms with E-state index >= 15 is 0 Å². The van der Waals surface area contributed by atoms with Crippen LogP contribution in [0.3, 0.4) is 0 Å². The molecule has 0 aromatic heterocycles. The second-order valence-electron chi connectivity index (χ2n) is 6.85. The Balaban J connectivity index is 2.96. The quantitative estimate of drug-likeness (QED) is 0.138. The van der Waals surface area contributed by atoms with Gasteiger partial charge in [-0.15, -0.1) is 0 Å². The first-order valence-corrected chi connectivity index (χ1v) is 10.2. The van der Waals surface area contributed by atoms with Gasteiger partial charge in [-0.2, -0.15) is 12.6 Å². The van der Waals surface area contributed by atoms with Crippen molar-refractivity contribution in [2.24, 2.45) is 11.5 Å². The summed E-state index contributed by atoms with van der Waals surface area (Å²) < 4.78 is 0. The van der Waals surface area contributed by atoms with Crippen LogP contribution in [0.5, 0.6) is 0 Å². The van der Waals surface area contributed by atoms with Crippen molar-refractivity contribution < 1.29 is 34.2 Å². The number of nitrogens with one attached hydrogen (secondary N) is 3. The van der Waals surface area contributed by atoms with Crippen molar-refractivity contribution >= 4 is 42.2 Å². The molecule has 1 aromatic carbocycles. The monoisotopic (exact) mass is 469 g/mol. The summed E-state index contributed by atoms with van der Waals surface area (Å²) in [4.78, 5) is 59.4. The minimum atomic E-state index is -1.48. The van der Waals surface area contributed by atoms with Gasteiger partial charge in [-0.3, -0.25) is 19.2 Å². The van der Waals surface area contributed by atoms with Gasteiger partial charge < -0.3 is 37.6 Å². The van der Waals surface area contributed by atoms with Crippen LogP contribution in [-0.4, -0.2) is 76.3 Å². The molecular formula is C19H27N5O7S. The van der Waals surface area contributed by atoms with Crippen molar-refractivity contribution in [3.05, 3.63) is 35.9 Å². The van der Waals surface area contributed by atoms with E-state index in [9.17, 15) is 29.1 Å². The van der Waals surface area contributed by atoms with Crippen molar-refractivity contribution in [3.8, 4) is 0 Å². The zero-order valence-electron chi connectivity index (χ0n) is 17.1. The van der Waals surface area contributed by atoms with Crippen molar-refractivity contribution in [3.63, 3.8) is 0 Å². The van der Waals surface area contributed by atoms with Crippen LogP contribution in [0, 0.1) is 0 Å². The number of primary amides is 1. The van der Waals surface area contributed by atoms with Crippen LogP contribution in [0.4, 0.5) is 0 Å². The molecule has 176 valence electrons. The first kappa shape index (κ1) is 26.9. The lowest BCUT2D eigenvalue weighted by Gasteiger charge is -2.24. The number of carbonyl (C=O) groups excluding carboxylic acids is 4. The van der Waals surface area contributed by atoms with E-state index in [-0.39, 0.29) is 12.2 Å². The van der Waals surface area contributed by atoms with E-state index in [0.29, 0.717) is 5.56 Å². The summed E-state index contributed by atoms with van der Waals surface area (Å²) in [5.41, 5.74) is 11.2. The van der Waals surface area contributed by atoms with Crippen molar-refractivity contribution in [2.45, 2.75) is 37.0 Å². The Hall–Kier alpha value is -3.16. The van der Waals surface area contributed by atoms with Crippen LogP contribution < -0.4 is 27.4 Å². The minimum Gasteiger partial charge on any atom is -0.480 e. The summed E-state index contributed by atoms with van der Waals surface area (Å²) in [6, 6.07) is 3.27. The maximum Gasteiger partial charge on any atom is 0.327 e. The Kier molecular flexibility index (Phi) is 11.2. The largest absolute Gasteiger partial charge is 0.480 e. The van der Waals surface area contributed by atoms with Gasteiger partial charge in [0.2, 0.25) is 23.6 Å². The highest BCUT2D eigenvalue weighted by Crippen LogP contribution is 2.05. The number of aliphatic hydroxyl groups is 1. The summed E-state index contributed by atoms with van der Waals surface area (Å²) in [6.07, 6.45) is -0.463. The number of amides is 4. The second kappa shape index (κ2) is 13.3. The highest BCUT2D eigenvalue weighted by Gasteiger charge is 2.30. The lowest BCUT2D eigenvalue weighted by atomic mass is 10.0. The average molecular weight is 470 g/mol. The van der Waals surface area contributed by atoms with Gasteiger partial charge in [0, 0.05) is 12.2 Å². The van der Waals surface area contributed by atoms with E-state index in [1.807, 2.05) is 0 Å². The summed E-state index contributed by atoms with van der Waals surface area (Å²) in [5, 5.41) is 25.5. The predicted molar refractivity (Wildman–Crippen MR) is 116 cm³/mol. The fourth-order valence-corrected chi connectivity index (χ4v) is 2.82. The number of nitrogens with two attached hydrogens (primary N) is 2. The molecule has 1 rings (SSSR count). The summed E-state index contributed by atoms with van der Waals surface area (Å²) in [6.45, 7) is -0.824. The highest BCUT2D eigenvalue weighted by atomic mass is 32.1. The summed E-state index contributed by atoms with van der Waals surface area (Å²) in [5.74, 6) is -4.92. The van der Waals surface area contributed by atoms with E-state index in [4.69, 9.17) is 16.6 Å². The fourth-order valence-electron chi connectivity index (χ4n) is 2.57. The van der Waals surface area contributed by atoms with Crippen LogP contribution in [-0.2, 0) is 30.4 Å². The number of aliphatic hydroxyl groups excluding tert-OH is 1. The Labute approximate surface area is 189 Å². The smallest absolute Gasteiger partial charge is 0.327 e. The molecule has 0 aliphatic carbocycles. The van der Waals surface area contributed by atoms with Crippen LogP contribution in [0.2, 0.25) is 0 Å². The van der Waals surface area contributed by atoms with Gasteiger partial charge in [0.1, 0.15) is 18.1 Å². The summed E-state index contributed by atoms with van der Waals surface area (Å²) in [7, 11) is 0. The summed E-state index contributed by atoms with van der Waals surface area (Å²) >= 11 is 3.89. The molecule has 13 heteroatoms. The van der Waals surface area contributed by atoms with Gasteiger partial charge in [0.15, 0.2) is 0 Å². The number of carbonyl (C=O) groups is 5. The Bertz CT molecular complexity index is 824. The third-order valence-corrected chi connectivity index (χ3v) is 4.65. The molecule has 0 fully saturated rings. The molecule has 32 heavy (non-hydrogen) atoms. The van der Waals surface area contributed by atoms with Gasteiger partial charge >= 0.3 is 5.97 Å². The molecular weight excluding hydrogens is 442 g/mol. The molecule has 0 heterocycles. The van der Waals surface area contributed by atoms with Gasteiger partial charge in [0.25, 0.3) is 0 Å². The zero-order chi connectivity index (χ0) is 24.3. The van der Waals surface area contributed by atoms with E-state index in [1.165, 1.54) is 0 Å².